The van der Waals surface area contributed by atoms with E-state index in [-0.39, 0.29) is 29.2 Å². The van der Waals surface area contributed by atoms with Crippen LogP contribution in [0.25, 0.3) is 11.0 Å². The lowest BCUT2D eigenvalue weighted by Gasteiger charge is -2.02. The first kappa shape index (κ1) is 16.0. The third kappa shape index (κ3) is 3.71. The number of aromatic amines is 1. The Hall–Kier alpha value is -2.88. The lowest BCUT2D eigenvalue weighted by Crippen LogP contribution is -2.16. The number of aryl methyl sites for hydroxylation is 1. The third-order valence-corrected chi connectivity index (χ3v) is 3.87. The number of nitrogens with zero attached hydrogens (tertiary/aromatic N) is 3. The number of hydrogen-bond acceptors (Lipinski definition) is 7. The van der Waals surface area contributed by atoms with Gasteiger partial charge < -0.3 is 15.6 Å². The summed E-state index contributed by atoms with van der Waals surface area (Å²) in [4.78, 5) is 30.6. The second kappa shape index (κ2) is 6.71. The number of fused-ring (bicyclic) bond motifs is 1. The lowest BCUT2D eigenvalue weighted by molar-refractivity contribution is -0.115. The van der Waals surface area contributed by atoms with Crippen molar-refractivity contribution in [3.05, 3.63) is 23.8 Å². The molecule has 0 aliphatic rings. The fourth-order valence-corrected chi connectivity index (χ4v) is 2.67. The molecule has 24 heavy (non-hydrogen) atoms. The molecule has 0 aliphatic heterocycles. The number of nitrogens with one attached hydrogen (secondary N) is 3. The van der Waals surface area contributed by atoms with E-state index in [1.54, 1.807) is 0 Å². The number of aromatic nitrogens is 4. The number of rotatable bonds is 5. The predicted molar refractivity (Wildman–Crippen MR) is 88.8 cm³/mol. The molecule has 0 spiro atoms. The van der Waals surface area contributed by atoms with Gasteiger partial charge in [0.05, 0.1) is 16.8 Å². The lowest BCUT2D eigenvalue weighted by atomic mass is 10.2. The molecule has 0 fully saturated rings. The van der Waals surface area contributed by atoms with E-state index in [4.69, 9.17) is 0 Å². The van der Waals surface area contributed by atoms with Gasteiger partial charge in [-0.05, 0) is 34.9 Å². The Morgan fingerprint density at radius 1 is 1.25 bits per heavy atom. The molecule has 2 heterocycles. The molecule has 124 valence electrons. The number of thioether (sulfide) groups is 1. The normalized spacial score (nSPS) is 10.8. The van der Waals surface area contributed by atoms with Crippen LogP contribution in [0.5, 0.6) is 0 Å². The zero-order chi connectivity index (χ0) is 17.1. The van der Waals surface area contributed by atoms with Crippen LogP contribution in [-0.2, 0) is 9.59 Å². The molecule has 0 radical (unpaired) electrons. The second-order valence-electron chi connectivity index (χ2n) is 5.04. The van der Waals surface area contributed by atoms with E-state index in [9.17, 15) is 9.59 Å². The Balaban J connectivity index is 1.60. The van der Waals surface area contributed by atoms with Gasteiger partial charge >= 0.3 is 0 Å². The molecule has 2 amide bonds. The summed E-state index contributed by atoms with van der Waals surface area (Å²) < 4.78 is 4.51. The number of hydrogen-bond donors (Lipinski definition) is 3. The second-order valence-corrected chi connectivity index (χ2v) is 6.01. The van der Waals surface area contributed by atoms with Crippen molar-refractivity contribution in [1.82, 2.24) is 20.3 Å². The minimum atomic E-state index is -0.340. The van der Waals surface area contributed by atoms with Crippen LogP contribution in [0.3, 0.4) is 0 Å². The molecule has 0 bridgehead atoms. The van der Waals surface area contributed by atoms with Crippen molar-refractivity contribution in [2.45, 2.75) is 19.0 Å². The Kier molecular flexibility index (Phi) is 4.47. The summed E-state index contributed by atoms with van der Waals surface area (Å²) in [5.41, 5.74) is 2.90. The molecule has 0 saturated carbocycles. The van der Waals surface area contributed by atoms with Crippen molar-refractivity contribution >= 4 is 46.2 Å². The van der Waals surface area contributed by atoms with Gasteiger partial charge in [-0.3, -0.25) is 9.59 Å². The maximum Gasteiger partial charge on any atom is 0.236 e. The zero-order valence-corrected chi connectivity index (χ0v) is 13.7. The highest BCUT2D eigenvalue weighted by atomic mass is 32.2. The molecule has 9 nitrogen and oxygen atoms in total. The van der Waals surface area contributed by atoms with Crippen molar-refractivity contribution in [2.24, 2.45) is 0 Å². The van der Waals surface area contributed by atoms with Gasteiger partial charge in [-0.15, -0.1) is 0 Å². The summed E-state index contributed by atoms with van der Waals surface area (Å²) in [6, 6.07) is 5.89. The highest BCUT2D eigenvalue weighted by molar-refractivity contribution is 7.99. The van der Waals surface area contributed by atoms with Crippen molar-refractivity contribution in [1.29, 1.82) is 0 Å². The third-order valence-electron chi connectivity index (χ3n) is 3.00. The molecule has 0 atom stereocenters. The Morgan fingerprint density at radius 2 is 2.00 bits per heavy atom. The summed E-state index contributed by atoms with van der Waals surface area (Å²) in [7, 11) is 0. The molecule has 2 aromatic heterocycles. The molecule has 10 heteroatoms. The SMILES string of the molecule is CC(=O)Nc1nonc1NC(=O)CSc1nc2ccc(C)cc2[nH]1. The van der Waals surface area contributed by atoms with Gasteiger partial charge in [-0.2, -0.15) is 0 Å². The van der Waals surface area contributed by atoms with E-state index in [0.29, 0.717) is 5.16 Å². The molecule has 3 aromatic rings. The monoisotopic (exact) mass is 346 g/mol. The average molecular weight is 346 g/mol. The number of imidazole rings is 1. The maximum absolute atomic E-state index is 12.0. The Labute approximate surface area is 140 Å². The fourth-order valence-electron chi connectivity index (χ4n) is 1.99. The van der Waals surface area contributed by atoms with E-state index in [1.807, 2.05) is 25.1 Å². The van der Waals surface area contributed by atoms with Gasteiger partial charge in [0.2, 0.25) is 23.5 Å². The molecule has 3 rings (SSSR count). The van der Waals surface area contributed by atoms with Crippen LogP contribution in [0.1, 0.15) is 12.5 Å². The van der Waals surface area contributed by atoms with Crippen LogP contribution in [0.15, 0.2) is 28.0 Å². The van der Waals surface area contributed by atoms with Crippen LogP contribution in [0.4, 0.5) is 11.6 Å². The number of carbonyl (C=O) groups is 2. The predicted octanol–water partition coefficient (Wildman–Crippen LogP) is 1.94. The van der Waals surface area contributed by atoms with E-state index in [1.165, 1.54) is 18.7 Å². The summed E-state index contributed by atoms with van der Waals surface area (Å²) in [5.74, 6) is -0.409. The van der Waals surface area contributed by atoms with Crippen molar-refractivity contribution < 1.29 is 14.2 Å². The summed E-state index contributed by atoms with van der Waals surface area (Å²) in [6.07, 6.45) is 0. The summed E-state index contributed by atoms with van der Waals surface area (Å²) in [6.45, 7) is 3.32. The van der Waals surface area contributed by atoms with Crippen molar-refractivity contribution in [3.8, 4) is 0 Å². The van der Waals surface area contributed by atoms with E-state index < -0.39 is 0 Å². The first-order valence-corrected chi connectivity index (χ1v) is 7.99. The van der Waals surface area contributed by atoms with E-state index in [0.717, 1.165) is 16.6 Å². The smallest absolute Gasteiger partial charge is 0.236 e. The van der Waals surface area contributed by atoms with Crippen molar-refractivity contribution in [2.75, 3.05) is 16.4 Å². The van der Waals surface area contributed by atoms with E-state index in [2.05, 4.69) is 35.5 Å². The quantitative estimate of drug-likeness (QED) is 0.603. The number of anilines is 2. The fraction of sp³-hybridized carbons (Fsp3) is 0.214. The highest BCUT2D eigenvalue weighted by Crippen LogP contribution is 2.21. The minimum Gasteiger partial charge on any atom is -0.333 e. The topological polar surface area (TPSA) is 126 Å². The first-order valence-electron chi connectivity index (χ1n) is 7.00. The van der Waals surface area contributed by atoms with Gasteiger partial charge in [-0.1, -0.05) is 17.8 Å². The van der Waals surface area contributed by atoms with E-state index >= 15 is 0 Å². The van der Waals surface area contributed by atoms with Crippen LogP contribution in [0, 0.1) is 6.92 Å². The standard InChI is InChI=1S/C14H14N6O3S/c1-7-3-4-9-10(5-7)17-14(16-9)24-6-11(22)18-13-12(15-8(2)21)19-23-20-13/h3-5H,6H2,1-2H3,(H,16,17)(H,15,19,21)(H,18,20,22). The molecule has 0 aliphatic carbocycles. The van der Waals surface area contributed by atoms with Crippen LogP contribution < -0.4 is 10.6 Å². The minimum absolute atomic E-state index is 0.0658. The van der Waals surface area contributed by atoms with Gasteiger partial charge in [0.25, 0.3) is 0 Å². The first-order chi connectivity index (χ1) is 11.5. The largest absolute Gasteiger partial charge is 0.333 e. The van der Waals surface area contributed by atoms with Gasteiger partial charge in [-0.25, -0.2) is 9.61 Å². The molecular formula is C14H14N6O3S. The van der Waals surface area contributed by atoms with Gasteiger partial charge in [0.1, 0.15) is 0 Å². The highest BCUT2D eigenvalue weighted by Gasteiger charge is 2.15. The average Bonchev–Trinajstić information content (AvgIpc) is 3.11. The molecule has 0 saturated heterocycles. The zero-order valence-electron chi connectivity index (χ0n) is 12.9. The molecule has 0 unspecified atom stereocenters. The molecule has 3 N–H and O–H groups in total. The van der Waals surface area contributed by atoms with Crippen LogP contribution in [0.2, 0.25) is 0 Å². The Bertz CT molecular complexity index is 903. The maximum atomic E-state index is 12.0. The van der Waals surface area contributed by atoms with Crippen LogP contribution >= 0.6 is 11.8 Å². The van der Waals surface area contributed by atoms with Crippen molar-refractivity contribution in [3.63, 3.8) is 0 Å². The Morgan fingerprint density at radius 3 is 2.75 bits per heavy atom. The number of benzene rings is 1. The molecular weight excluding hydrogens is 332 g/mol. The molecule has 1 aromatic carbocycles. The number of H-pyrrole nitrogens is 1. The summed E-state index contributed by atoms with van der Waals surface area (Å²) >= 11 is 1.26. The van der Waals surface area contributed by atoms with Gasteiger partial charge in [0.15, 0.2) is 5.16 Å². The van der Waals surface area contributed by atoms with Crippen LogP contribution in [-0.4, -0.2) is 37.8 Å². The van der Waals surface area contributed by atoms with Gasteiger partial charge in [0, 0.05) is 6.92 Å². The summed E-state index contributed by atoms with van der Waals surface area (Å²) in [5, 5.41) is 12.6. The number of amides is 2. The number of carbonyl (C=O) groups excluding carboxylic acids is 2.